The van der Waals surface area contributed by atoms with Crippen LogP contribution in [0.1, 0.15) is 24.2 Å². The number of carbonyl (C=O) groups excluding carboxylic acids is 1. The van der Waals surface area contributed by atoms with E-state index in [1.165, 1.54) is 0 Å². The van der Waals surface area contributed by atoms with Crippen LogP contribution in [0.5, 0.6) is 0 Å². The van der Waals surface area contributed by atoms with E-state index in [0.717, 1.165) is 36.6 Å². The number of pyridine rings is 1. The smallest absolute Gasteiger partial charge is 0.153 e. The molecule has 0 aromatic carbocycles. The molecular weight excluding hydrogens is 280 g/mol. The van der Waals surface area contributed by atoms with E-state index in [1.807, 2.05) is 37.7 Å². The highest BCUT2D eigenvalue weighted by Gasteiger charge is 2.25. The Morgan fingerprint density at radius 3 is 2.59 bits per heavy atom. The zero-order valence-electron chi connectivity index (χ0n) is 13.1. The third-order valence-corrected chi connectivity index (χ3v) is 3.82. The number of imidazole rings is 1. The van der Waals surface area contributed by atoms with Gasteiger partial charge in [-0.05, 0) is 19.9 Å². The summed E-state index contributed by atoms with van der Waals surface area (Å²) in [5, 5.41) is 0. The third kappa shape index (κ3) is 2.74. The summed E-state index contributed by atoms with van der Waals surface area (Å²) in [5.74, 6) is 1.51. The molecule has 2 atom stereocenters. The molecule has 2 aromatic rings. The van der Waals surface area contributed by atoms with Crippen molar-refractivity contribution in [1.29, 1.82) is 0 Å². The topological polar surface area (TPSA) is 60.2 Å². The average Bonchev–Trinajstić information content (AvgIpc) is 2.91. The number of hydrogen-bond acceptors (Lipinski definition) is 5. The van der Waals surface area contributed by atoms with Gasteiger partial charge < -0.3 is 14.2 Å². The van der Waals surface area contributed by atoms with Gasteiger partial charge in [0.15, 0.2) is 6.29 Å². The van der Waals surface area contributed by atoms with Gasteiger partial charge in [-0.3, -0.25) is 4.79 Å². The third-order valence-electron chi connectivity index (χ3n) is 3.82. The Morgan fingerprint density at radius 2 is 2.00 bits per heavy atom. The Balaban J connectivity index is 1.96. The minimum absolute atomic E-state index is 0.124. The first kappa shape index (κ1) is 14.7. The molecule has 1 aliphatic rings. The van der Waals surface area contributed by atoms with E-state index in [-0.39, 0.29) is 12.2 Å². The van der Waals surface area contributed by atoms with E-state index >= 15 is 0 Å². The number of rotatable bonds is 3. The maximum atomic E-state index is 11.5. The summed E-state index contributed by atoms with van der Waals surface area (Å²) >= 11 is 0. The van der Waals surface area contributed by atoms with E-state index in [2.05, 4.69) is 14.9 Å². The minimum atomic E-state index is 0.124. The van der Waals surface area contributed by atoms with Gasteiger partial charge in [-0.15, -0.1) is 0 Å². The Morgan fingerprint density at radius 1 is 1.27 bits per heavy atom. The van der Waals surface area contributed by atoms with Crippen LogP contribution < -0.4 is 4.90 Å². The lowest BCUT2D eigenvalue weighted by atomic mass is 10.1. The minimum Gasteiger partial charge on any atom is -0.372 e. The van der Waals surface area contributed by atoms with Crippen molar-refractivity contribution in [1.82, 2.24) is 14.5 Å². The van der Waals surface area contributed by atoms with E-state index < -0.39 is 0 Å². The fourth-order valence-corrected chi connectivity index (χ4v) is 2.94. The molecule has 1 saturated heterocycles. The molecule has 0 amide bonds. The standard InChI is InChI=1S/C16H20N4O2/c1-11-8-20(9-12(2)22-11)16-14(10-21)6-13(7-18-16)15-17-4-5-19(15)3/h4-7,10-12H,8-9H2,1-3H3. The van der Waals surface area contributed by atoms with Gasteiger partial charge in [0.25, 0.3) is 0 Å². The molecule has 1 fully saturated rings. The molecule has 0 spiro atoms. The lowest BCUT2D eigenvalue weighted by Gasteiger charge is -2.36. The van der Waals surface area contributed by atoms with Crippen LogP contribution >= 0.6 is 0 Å². The zero-order valence-corrected chi connectivity index (χ0v) is 13.1. The number of nitrogens with zero attached hydrogens (tertiary/aromatic N) is 4. The van der Waals surface area contributed by atoms with Crippen LogP contribution in [0, 0.1) is 0 Å². The van der Waals surface area contributed by atoms with Crippen molar-refractivity contribution in [3.8, 4) is 11.4 Å². The Bertz CT molecular complexity index is 673. The number of aryl methyl sites for hydroxylation is 1. The molecular formula is C16H20N4O2. The van der Waals surface area contributed by atoms with E-state index in [0.29, 0.717) is 5.56 Å². The maximum absolute atomic E-state index is 11.5. The second-order valence-corrected chi connectivity index (χ2v) is 5.78. The fourth-order valence-electron chi connectivity index (χ4n) is 2.94. The number of anilines is 1. The van der Waals surface area contributed by atoms with Gasteiger partial charge >= 0.3 is 0 Å². The van der Waals surface area contributed by atoms with Gasteiger partial charge in [-0.1, -0.05) is 0 Å². The number of ether oxygens (including phenoxy) is 1. The molecule has 0 saturated carbocycles. The summed E-state index contributed by atoms with van der Waals surface area (Å²) in [5.41, 5.74) is 1.43. The van der Waals surface area contributed by atoms with Crippen molar-refractivity contribution in [2.45, 2.75) is 26.1 Å². The van der Waals surface area contributed by atoms with Gasteiger partial charge in [0, 0.05) is 44.3 Å². The largest absolute Gasteiger partial charge is 0.372 e. The molecule has 0 radical (unpaired) electrons. The summed E-state index contributed by atoms with van der Waals surface area (Å²) in [7, 11) is 1.92. The van der Waals surface area contributed by atoms with Crippen molar-refractivity contribution in [3.05, 3.63) is 30.2 Å². The highest BCUT2D eigenvalue weighted by Crippen LogP contribution is 2.25. The van der Waals surface area contributed by atoms with Crippen LogP contribution in [0.4, 0.5) is 5.82 Å². The second kappa shape index (κ2) is 5.88. The van der Waals surface area contributed by atoms with Crippen LogP contribution in [-0.2, 0) is 11.8 Å². The molecule has 1 aliphatic heterocycles. The van der Waals surface area contributed by atoms with Crippen LogP contribution in [0.2, 0.25) is 0 Å². The molecule has 3 rings (SSSR count). The van der Waals surface area contributed by atoms with Crippen LogP contribution in [0.15, 0.2) is 24.7 Å². The summed E-state index contributed by atoms with van der Waals surface area (Å²) in [6.45, 7) is 5.54. The predicted molar refractivity (Wildman–Crippen MR) is 84.0 cm³/mol. The number of hydrogen-bond donors (Lipinski definition) is 0. The quantitative estimate of drug-likeness (QED) is 0.810. The molecule has 3 heterocycles. The maximum Gasteiger partial charge on any atom is 0.153 e. The molecule has 22 heavy (non-hydrogen) atoms. The molecule has 0 bridgehead atoms. The Kier molecular flexibility index (Phi) is 3.94. The monoisotopic (exact) mass is 300 g/mol. The number of aromatic nitrogens is 3. The van der Waals surface area contributed by atoms with E-state index in [9.17, 15) is 4.79 Å². The van der Waals surface area contributed by atoms with Gasteiger partial charge in [-0.2, -0.15) is 0 Å². The van der Waals surface area contributed by atoms with E-state index in [1.54, 1.807) is 12.4 Å². The van der Waals surface area contributed by atoms with Gasteiger partial charge in [0.2, 0.25) is 0 Å². The van der Waals surface area contributed by atoms with Crippen molar-refractivity contribution in [2.24, 2.45) is 7.05 Å². The van der Waals surface area contributed by atoms with Crippen molar-refractivity contribution < 1.29 is 9.53 Å². The van der Waals surface area contributed by atoms with Crippen molar-refractivity contribution in [3.63, 3.8) is 0 Å². The van der Waals surface area contributed by atoms with Crippen LogP contribution in [-0.4, -0.2) is 46.1 Å². The lowest BCUT2D eigenvalue weighted by Crippen LogP contribution is -2.46. The first-order valence-electron chi connectivity index (χ1n) is 7.42. The molecule has 2 aromatic heterocycles. The number of carbonyl (C=O) groups is 1. The second-order valence-electron chi connectivity index (χ2n) is 5.78. The summed E-state index contributed by atoms with van der Waals surface area (Å²) in [6.07, 6.45) is 6.48. The van der Waals surface area contributed by atoms with Crippen molar-refractivity contribution >= 4 is 12.1 Å². The van der Waals surface area contributed by atoms with Crippen LogP contribution in [0.25, 0.3) is 11.4 Å². The van der Waals surface area contributed by atoms with E-state index in [4.69, 9.17) is 4.74 Å². The molecule has 0 aliphatic carbocycles. The summed E-state index contributed by atoms with van der Waals surface area (Å²) in [4.78, 5) is 22.5. The van der Waals surface area contributed by atoms with Crippen LogP contribution in [0.3, 0.4) is 0 Å². The molecule has 6 heteroatoms. The number of morpholine rings is 1. The zero-order chi connectivity index (χ0) is 15.7. The Labute approximate surface area is 129 Å². The highest BCUT2D eigenvalue weighted by molar-refractivity contribution is 5.85. The molecule has 0 N–H and O–H groups in total. The molecule has 2 unspecified atom stereocenters. The van der Waals surface area contributed by atoms with Gasteiger partial charge in [0.1, 0.15) is 11.6 Å². The number of aldehydes is 1. The SMILES string of the molecule is CC1CN(c2ncc(-c3nccn3C)cc2C=O)CC(C)O1. The van der Waals surface area contributed by atoms with Gasteiger partial charge in [-0.25, -0.2) is 9.97 Å². The predicted octanol–water partition coefficient (Wildman–Crippen LogP) is 1.91. The van der Waals surface area contributed by atoms with Crippen molar-refractivity contribution in [2.75, 3.05) is 18.0 Å². The summed E-state index contributed by atoms with van der Waals surface area (Å²) in [6, 6.07) is 1.85. The molecule has 116 valence electrons. The fraction of sp³-hybridized carbons (Fsp3) is 0.438. The first-order valence-corrected chi connectivity index (χ1v) is 7.42. The Hall–Kier alpha value is -2.21. The average molecular weight is 300 g/mol. The highest BCUT2D eigenvalue weighted by atomic mass is 16.5. The normalized spacial score (nSPS) is 21.9. The first-order chi connectivity index (χ1) is 10.6. The van der Waals surface area contributed by atoms with Gasteiger partial charge in [0.05, 0.1) is 17.8 Å². The summed E-state index contributed by atoms with van der Waals surface area (Å²) < 4.78 is 7.65. The molecule has 6 nitrogen and oxygen atoms in total. The lowest BCUT2D eigenvalue weighted by molar-refractivity contribution is -0.00549.